The van der Waals surface area contributed by atoms with E-state index in [0.717, 1.165) is 0 Å². The summed E-state index contributed by atoms with van der Waals surface area (Å²) in [6, 6.07) is 7.55. The summed E-state index contributed by atoms with van der Waals surface area (Å²) in [7, 11) is 4.43. The highest BCUT2D eigenvalue weighted by atomic mass is 16.6. The van der Waals surface area contributed by atoms with Crippen molar-refractivity contribution in [1.29, 1.82) is 0 Å². The number of non-ortho nitro benzene ring substituents is 1. The summed E-state index contributed by atoms with van der Waals surface area (Å²) in [5.41, 5.74) is 1.41. The molecule has 0 heterocycles. The third kappa shape index (κ3) is 3.85. The first-order valence-corrected chi connectivity index (χ1v) is 8.80. The summed E-state index contributed by atoms with van der Waals surface area (Å²) in [6.07, 6.45) is 0. The molecule has 0 aliphatic carbocycles. The van der Waals surface area contributed by atoms with Gasteiger partial charge in [0.25, 0.3) is 11.6 Å². The number of carbonyl (C=O) groups excluding carboxylic acids is 1. The molecule has 0 saturated carbocycles. The van der Waals surface area contributed by atoms with Gasteiger partial charge in [0.15, 0.2) is 11.5 Å². The van der Waals surface area contributed by atoms with Crippen LogP contribution in [0.1, 0.15) is 24.2 Å². The van der Waals surface area contributed by atoms with Crippen molar-refractivity contribution in [3.8, 4) is 28.4 Å². The van der Waals surface area contributed by atoms with Crippen LogP contribution >= 0.6 is 0 Å². The quantitative estimate of drug-likeness (QED) is 0.505. The van der Waals surface area contributed by atoms with E-state index in [1.165, 1.54) is 33.5 Å². The van der Waals surface area contributed by atoms with E-state index >= 15 is 0 Å². The molecule has 2 aromatic rings. The van der Waals surface area contributed by atoms with Gasteiger partial charge in [-0.25, -0.2) is 0 Å². The lowest BCUT2D eigenvalue weighted by Gasteiger charge is -2.24. The number of hydrogen-bond acceptors (Lipinski definition) is 6. The van der Waals surface area contributed by atoms with Gasteiger partial charge in [-0.15, -0.1) is 0 Å². The van der Waals surface area contributed by atoms with Gasteiger partial charge in [-0.1, -0.05) is 0 Å². The molecule has 0 N–H and O–H groups in total. The second-order valence-corrected chi connectivity index (χ2v) is 5.85. The van der Waals surface area contributed by atoms with Crippen molar-refractivity contribution in [2.75, 3.05) is 34.4 Å². The summed E-state index contributed by atoms with van der Waals surface area (Å²) in [4.78, 5) is 25.4. The Kier molecular flexibility index (Phi) is 6.81. The van der Waals surface area contributed by atoms with Gasteiger partial charge in [0.2, 0.25) is 5.75 Å². The summed E-state index contributed by atoms with van der Waals surface area (Å²) in [5.74, 6) is 0.832. The van der Waals surface area contributed by atoms with E-state index in [9.17, 15) is 14.9 Å². The first kappa shape index (κ1) is 21.0. The Labute approximate surface area is 163 Å². The van der Waals surface area contributed by atoms with Gasteiger partial charge in [-0.2, -0.15) is 0 Å². The molecule has 0 radical (unpaired) electrons. The highest BCUT2D eigenvalue weighted by molar-refractivity contribution is 6.04. The van der Waals surface area contributed by atoms with E-state index in [1.807, 2.05) is 13.8 Å². The van der Waals surface area contributed by atoms with Gasteiger partial charge >= 0.3 is 0 Å². The number of hydrogen-bond donors (Lipinski definition) is 0. The molecule has 0 saturated heterocycles. The molecule has 0 atom stereocenters. The van der Waals surface area contributed by atoms with E-state index in [1.54, 1.807) is 23.1 Å². The van der Waals surface area contributed by atoms with Crippen LogP contribution in [-0.4, -0.2) is 50.1 Å². The van der Waals surface area contributed by atoms with Crippen LogP contribution in [0, 0.1) is 10.1 Å². The molecule has 8 heteroatoms. The van der Waals surface area contributed by atoms with Crippen LogP contribution in [0.15, 0.2) is 30.3 Å². The van der Waals surface area contributed by atoms with Crippen LogP contribution < -0.4 is 14.2 Å². The van der Waals surface area contributed by atoms with Crippen LogP contribution in [-0.2, 0) is 0 Å². The summed E-state index contributed by atoms with van der Waals surface area (Å²) in [6.45, 7) is 4.85. The maximum Gasteiger partial charge on any atom is 0.269 e. The zero-order valence-corrected chi connectivity index (χ0v) is 16.6. The average molecular weight is 388 g/mol. The van der Waals surface area contributed by atoms with Gasteiger partial charge in [0.1, 0.15) is 0 Å². The SMILES string of the molecule is CCN(CC)C(=O)c1cc(OC)c(OC)c(OC)c1-c1ccc([N+](=O)[O-])cc1. The number of rotatable bonds is 8. The molecular weight excluding hydrogens is 364 g/mol. The number of nitro benzene ring substituents is 1. The van der Waals surface area contributed by atoms with Crippen LogP contribution in [0.4, 0.5) is 5.69 Å². The van der Waals surface area contributed by atoms with Gasteiger partial charge < -0.3 is 19.1 Å². The lowest BCUT2D eigenvalue weighted by molar-refractivity contribution is -0.384. The van der Waals surface area contributed by atoms with Gasteiger partial charge in [-0.3, -0.25) is 14.9 Å². The molecule has 150 valence electrons. The maximum atomic E-state index is 13.2. The van der Waals surface area contributed by atoms with E-state index in [0.29, 0.717) is 47.0 Å². The van der Waals surface area contributed by atoms with Crippen LogP contribution in [0.2, 0.25) is 0 Å². The van der Waals surface area contributed by atoms with Crippen LogP contribution in [0.25, 0.3) is 11.1 Å². The van der Waals surface area contributed by atoms with Crippen molar-refractivity contribution in [2.45, 2.75) is 13.8 Å². The minimum atomic E-state index is -0.475. The molecule has 2 aromatic carbocycles. The number of ether oxygens (including phenoxy) is 3. The largest absolute Gasteiger partial charge is 0.493 e. The molecule has 28 heavy (non-hydrogen) atoms. The van der Waals surface area contributed by atoms with Crippen molar-refractivity contribution in [2.24, 2.45) is 0 Å². The van der Waals surface area contributed by atoms with Crippen LogP contribution in [0.3, 0.4) is 0 Å². The molecule has 0 fully saturated rings. The Morgan fingerprint density at radius 2 is 1.57 bits per heavy atom. The molecular formula is C20H24N2O6. The zero-order chi connectivity index (χ0) is 20.8. The third-order valence-corrected chi connectivity index (χ3v) is 4.48. The Bertz CT molecular complexity index is 860. The normalized spacial score (nSPS) is 10.3. The molecule has 0 bridgehead atoms. The fraction of sp³-hybridized carbons (Fsp3) is 0.350. The Morgan fingerprint density at radius 3 is 2.00 bits per heavy atom. The molecule has 0 spiro atoms. The molecule has 2 rings (SSSR count). The second kappa shape index (κ2) is 9.07. The van der Waals surface area contributed by atoms with E-state index < -0.39 is 4.92 Å². The van der Waals surface area contributed by atoms with Gasteiger partial charge in [0.05, 0.1) is 31.8 Å². The molecule has 0 aromatic heterocycles. The highest BCUT2D eigenvalue weighted by Gasteiger charge is 2.27. The predicted molar refractivity (Wildman–Crippen MR) is 105 cm³/mol. The Balaban J connectivity index is 2.82. The molecule has 1 amide bonds. The number of nitrogens with zero attached hydrogens (tertiary/aromatic N) is 2. The standard InChI is InChI=1S/C20H24N2O6/c1-6-21(7-2)20(23)15-12-16(26-3)18(27-4)19(28-5)17(15)13-8-10-14(11-9-13)22(24)25/h8-12H,6-7H2,1-5H3. The minimum absolute atomic E-state index is 0.0418. The first-order chi connectivity index (χ1) is 13.4. The van der Waals surface area contributed by atoms with Crippen molar-refractivity contribution in [1.82, 2.24) is 4.90 Å². The van der Waals surface area contributed by atoms with Gasteiger partial charge in [0, 0.05) is 30.8 Å². The maximum absolute atomic E-state index is 13.2. The van der Waals surface area contributed by atoms with Gasteiger partial charge in [-0.05, 0) is 37.6 Å². The third-order valence-electron chi connectivity index (χ3n) is 4.48. The van der Waals surface area contributed by atoms with E-state index in [-0.39, 0.29) is 11.6 Å². The summed E-state index contributed by atoms with van der Waals surface area (Å²) < 4.78 is 16.4. The zero-order valence-electron chi connectivity index (χ0n) is 16.6. The number of nitro groups is 1. The van der Waals surface area contributed by atoms with Crippen molar-refractivity contribution < 1.29 is 23.9 Å². The predicted octanol–water partition coefficient (Wildman–Crippen LogP) is 3.77. The summed E-state index contributed by atoms with van der Waals surface area (Å²) in [5, 5.41) is 11.0. The smallest absolute Gasteiger partial charge is 0.269 e. The second-order valence-electron chi connectivity index (χ2n) is 5.85. The van der Waals surface area contributed by atoms with E-state index in [4.69, 9.17) is 14.2 Å². The molecule has 0 aliphatic heterocycles. The fourth-order valence-corrected chi connectivity index (χ4v) is 3.04. The van der Waals surface area contributed by atoms with E-state index in [2.05, 4.69) is 0 Å². The first-order valence-electron chi connectivity index (χ1n) is 8.80. The Hall–Kier alpha value is -3.29. The Morgan fingerprint density at radius 1 is 1.00 bits per heavy atom. The van der Waals surface area contributed by atoms with Crippen molar-refractivity contribution in [3.05, 3.63) is 46.0 Å². The summed E-state index contributed by atoms with van der Waals surface area (Å²) >= 11 is 0. The lowest BCUT2D eigenvalue weighted by Crippen LogP contribution is -2.31. The number of carbonyl (C=O) groups is 1. The number of methoxy groups -OCH3 is 3. The topological polar surface area (TPSA) is 91.1 Å². The highest BCUT2D eigenvalue weighted by Crippen LogP contribution is 2.47. The fourth-order valence-electron chi connectivity index (χ4n) is 3.04. The molecule has 0 aliphatic rings. The monoisotopic (exact) mass is 388 g/mol. The van der Waals surface area contributed by atoms with Crippen molar-refractivity contribution in [3.63, 3.8) is 0 Å². The van der Waals surface area contributed by atoms with Crippen molar-refractivity contribution >= 4 is 11.6 Å². The molecule has 8 nitrogen and oxygen atoms in total. The number of benzene rings is 2. The number of amides is 1. The molecule has 0 unspecified atom stereocenters. The average Bonchev–Trinajstić information content (AvgIpc) is 2.72. The van der Waals surface area contributed by atoms with Crippen LogP contribution in [0.5, 0.6) is 17.2 Å². The lowest BCUT2D eigenvalue weighted by atomic mass is 9.96. The minimum Gasteiger partial charge on any atom is -0.493 e.